The van der Waals surface area contributed by atoms with Crippen molar-refractivity contribution < 1.29 is 37.0 Å². The molecule has 1 aliphatic heterocycles. The number of phenolic OH excluding ortho intramolecular Hbond substituents is 2. The van der Waals surface area contributed by atoms with Gasteiger partial charge in [0.15, 0.2) is 5.75 Å². The molecule has 1 atom stereocenters. The van der Waals surface area contributed by atoms with E-state index in [4.69, 9.17) is 26.7 Å². The molecule has 0 saturated carbocycles. The average molecular weight is 757 g/mol. The monoisotopic (exact) mass is 756 g/mol. The molecule has 0 saturated heterocycles. The van der Waals surface area contributed by atoms with Gasteiger partial charge in [-0.25, -0.2) is 0 Å². The van der Waals surface area contributed by atoms with Gasteiger partial charge in [-0.3, -0.25) is 0 Å². The molecule has 0 amide bonds. The second-order valence-electron chi connectivity index (χ2n) is 11.7. The summed E-state index contributed by atoms with van der Waals surface area (Å²) in [6.45, 7) is 0. The van der Waals surface area contributed by atoms with E-state index in [9.17, 15) is 10.2 Å². The second kappa shape index (κ2) is 13.9. The number of ether oxygens (including phenoxy) is 2. The molecule has 8 rings (SSSR count). The molecule has 50 heavy (non-hydrogen) atoms. The molecule has 7 aromatic rings. The van der Waals surface area contributed by atoms with Crippen molar-refractivity contribution in [2.45, 2.75) is 27.0 Å². The van der Waals surface area contributed by atoms with Crippen LogP contribution in [0.4, 0.5) is 22.7 Å². The molecule has 7 aromatic carbocycles. The molecule has 12 heteroatoms. The van der Waals surface area contributed by atoms with Gasteiger partial charge in [0.25, 0.3) is 0 Å². The molecule has 1 unspecified atom stereocenters. The van der Waals surface area contributed by atoms with Crippen molar-refractivity contribution >= 4 is 93.0 Å². The van der Waals surface area contributed by atoms with Gasteiger partial charge >= 0.3 is 5.91 Å². The molecule has 252 valence electrons. The molecule has 0 radical (unpaired) electrons. The van der Waals surface area contributed by atoms with Crippen molar-refractivity contribution in [2.75, 3.05) is 22.5 Å². The molecule has 9 N–H and O–H groups in total. The number of para-hydroxylation sites is 1. The summed E-state index contributed by atoms with van der Waals surface area (Å²) in [5.74, 6) is -0.251. The summed E-state index contributed by atoms with van der Waals surface area (Å²) in [7, 11) is 0. The van der Waals surface area contributed by atoms with Gasteiger partial charge in [-0.15, -0.1) is 37.9 Å². The number of thiol groups is 3. The Morgan fingerprint density at radius 3 is 2.12 bits per heavy atom. The van der Waals surface area contributed by atoms with Crippen molar-refractivity contribution in [1.82, 2.24) is 0 Å². The van der Waals surface area contributed by atoms with E-state index in [1.807, 2.05) is 84.9 Å². The first-order chi connectivity index (χ1) is 23.5. The third kappa shape index (κ3) is 6.49. The number of aromatic hydroxyl groups is 2. The minimum absolute atomic E-state index is 0. The van der Waals surface area contributed by atoms with E-state index in [0.717, 1.165) is 37.5 Å². The van der Waals surface area contributed by atoms with Gasteiger partial charge in [-0.05, 0) is 52.6 Å². The van der Waals surface area contributed by atoms with Crippen LogP contribution in [0.3, 0.4) is 0 Å². The first-order valence-electron chi connectivity index (χ1n) is 15.2. The van der Waals surface area contributed by atoms with Crippen LogP contribution in [0.1, 0.15) is 5.56 Å². The number of anilines is 4. The number of fused-ring (bicyclic) bond motifs is 5. The molecular weight excluding hydrogens is 725 g/mol. The van der Waals surface area contributed by atoms with E-state index in [1.165, 1.54) is 0 Å². The standard InChI is InChI=1S/C28H23N3O3S2.C10H9NOS.Cr/c29-20-13-18(35)11-17-12-23(36)25(30)27(24(17)20)34-28(14-16-6-2-4-8-21(16)32)31-26-19-7-3-1-5-15(19)9-10-22(26)33-28;11-10-7-4-2-1-3-6(7)9(13)5-8(10)12;/h1-13,31-32,35-36H,14,29-30H2;1-5,12-13H,11H2;. The molecule has 0 aliphatic carbocycles. The fourth-order valence-electron chi connectivity index (χ4n) is 6.09. The summed E-state index contributed by atoms with van der Waals surface area (Å²) in [4.78, 5) is 1.98. The number of hydrogen-bond acceptors (Lipinski definition) is 11. The Balaban J connectivity index is 0.000000260. The summed E-state index contributed by atoms with van der Waals surface area (Å²) in [6.07, 6.45) is 0.172. The van der Waals surface area contributed by atoms with E-state index >= 15 is 0 Å². The van der Waals surface area contributed by atoms with Gasteiger partial charge in [0.2, 0.25) is 0 Å². The van der Waals surface area contributed by atoms with E-state index in [1.54, 1.807) is 24.3 Å². The fourth-order valence-corrected chi connectivity index (χ4v) is 6.93. The van der Waals surface area contributed by atoms with Gasteiger partial charge in [-0.1, -0.05) is 72.8 Å². The molecule has 0 bridgehead atoms. The van der Waals surface area contributed by atoms with Crippen molar-refractivity contribution in [3.05, 3.63) is 115 Å². The van der Waals surface area contributed by atoms with E-state index < -0.39 is 5.91 Å². The third-order valence-electron chi connectivity index (χ3n) is 8.43. The quantitative estimate of drug-likeness (QED) is 0.0493. The maximum Gasteiger partial charge on any atom is 0.340 e. The molecular formula is C38H32CrN4O4S3. The van der Waals surface area contributed by atoms with E-state index in [0.29, 0.717) is 49.3 Å². The summed E-state index contributed by atoms with van der Waals surface area (Å²) >= 11 is 13.3. The molecule has 0 fully saturated rings. The number of hydrogen-bond donors (Lipinski definition) is 9. The van der Waals surface area contributed by atoms with Crippen molar-refractivity contribution in [1.29, 1.82) is 0 Å². The van der Waals surface area contributed by atoms with Crippen LogP contribution in [0.15, 0.2) is 124 Å². The van der Waals surface area contributed by atoms with Crippen LogP contribution >= 0.6 is 37.9 Å². The molecule has 1 heterocycles. The summed E-state index contributed by atoms with van der Waals surface area (Å²) < 4.78 is 13.2. The fraction of sp³-hybridized carbons (Fsp3) is 0.0526. The number of nitrogen functional groups attached to an aromatic ring is 3. The van der Waals surface area contributed by atoms with Gasteiger partial charge < -0.3 is 42.2 Å². The molecule has 8 nitrogen and oxygen atoms in total. The SMILES string of the molecule is Nc1c(O)cc(S)c2ccccc12.Nc1c(S)cc2cc(S)cc(N)c2c1OC1(Cc2ccccc2O)Nc2c(ccc3ccccc23)O1.[Cr]. The molecule has 0 spiro atoms. The Morgan fingerprint density at radius 2 is 1.36 bits per heavy atom. The van der Waals surface area contributed by atoms with Crippen LogP contribution in [-0.4, -0.2) is 16.1 Å². The Labute approximate surface area is 315 Å². The number of nitrogens with two attached hydrogens (primary N) is 3. The molecule has 0 aromatic heterocycles. The first-order valence-corrected chi connectivity index (χ1v) is 16.6. The third-order valence-corrected chi connectivity index (χ3v) is 9.43. The van der Waals surface area contributed by atoms with Gasteiger partial charge in [-0.2, -0.15) is 0 Å². The number of benzene rings is 7. The zero-order chi connectivity index (χ0) is 34.4. The topological polar surface area (TPSA) is 149 Å². The van der Waals surface area contributed by atoms with E-state index in [-0.39, 0.29) is 35.3 Å². The first kappa shape index (κ1) is 35.1. The smallest absolute Gasteiger partial charge is 0.340 e. The predicted octanol–water partition coefficient (Wildman–Crippen LogP) is 8.63. The largest absolute Gasteiger partial charge is 0.508 e. The number of phenols is 2. The second-order valence-corrected chi connectivity index (χ2v) is 13.2. The number of rotatable bonds is 4. The predicted molar refractivity (Wildman–Crippen MR) is 208 cm³/mol. The van der Waals surface area contributed by atoms with E-state index in [2.05, 4.69) is 43.2 Å². The van der Waals surface area contributed by atoms with Crippen LogP contribution < -0.4 is 32.0 Å². The maximum absolute atomic E-state index is 10.6. The van der Waals surface area contributed by atoms with Crippen LogP contribution in [0, 0.1) is 0 Å². The zero-order valence-corrected chi connectivity index (χ0v) is 30.3. The summed E-state index contributed by atoms with van der Waals surface area (Å²) in [5.41, 5.74) is 21.3. The zero-order valence-electron chi connectivity index (χ0n) is 26.3. The Kier molecular flexibility index (Phi) is 9.77. The Morgan fingerprint density at radius 1 is 0.680 bits per heavy atom. The van der Waals surface area contributed by atoms with Crippen molar-refractivity contribution in [2.24, 2.45) is 0 Å². The summed E-state index contributed by atoms with van der Waals surface area (Å²) in [5, 5.41) is 28.7. The van der Waals surface area contributed by atoms with Gasteiger partial charge in [0.05, 0.1) is 23.5 Å². The van der Waals surface area contributed by atoms with Crippen molar-refractivity contribution in [3.63, 3.8) is 0 Å². The normalized spacial score (nSPS) is 14.6. The summed E-state index contributed by atoms with van der Waals surface area (Å²) in [6, 6.07) is 33.6. The van der Waals surface area contributed by atoms with Crippen LogP contribution in [-0.2, 0) is 23.8 Å². The minimum Gasteiger partial charge on any atom is -0.508 e. The Hall–Kier alpha value is -4.70. The molecule has 1 aliphatic rings. The minimum atomic E-state index is -1.43. The van der Waals surface area contributed by atoms with Crippen LogP contribution in [0.5, 0.6) is 23.0 Å². The van der Waals surface area contributed by atoms with Crippen LogP contribution in [0.25, 0.3) is 32.3 Å². The van der Waals surface area contributed by atoms with Crippen molar-refractivity contribution in [3.8, 4) is 23.0 Å². The maximum atomic E-state index is 10.6. The van der Waals surface area contributed by atoms with Crippen LogP contribution in [0.2, 0.25) is 0 Å². The number of nitrogens with one attached hydrogen (secondary N) is 1. The van der Waals surface area contributed by atoms with Gasteiger partial charge in [0, 0.05) is 59.5 Å². The van der Waals surface area contributed by atoms with Gasteiger partial charge in [0.1, 0.15) is 17.2 Å². The Bertz CT molecular complexity index is 2430. The average Bonchev–Trinajstić information content (AvgIpc) is 3.45.